The zero-order valence-electron chi connectivity index (χ0n) is 34.7. The number of nitrogens with two attached hydrogens (primary N) is 1. The number of benzene rings is 3. The predicted octanol–water partition coefficient (Wildman–Crippen LogP) is 4.19. The first-order valence-corrected chi connectivity index (χ1v) is 21.9. The van der Waals surface area contributed by atoms with Crippen LogP contribution in [0.2, 0.25) is 0 Å². The molecule has 3 N–H and O–H groups in total. The molecule has 4 aliphatic heterocycles. The molecule has 16 nitrogen and oxygen atoms in total. The molecule has 0 spiro atoms. The van der Waals surface area contributed by atoms with Crippen LogP contribution in [0.1, 0.15) is 65.3 Å². The van der Waals surface area contributed by atoms with Crippen molar-refractivity contribution in [3.63, 3.8) is 0 Å². The largest absolute Gasteiger partial charge is 0.457 e. The van der Waals surface area contributed by atoms with E-state index in [1.807, 2.05) is 60.7 Å². The fourth-order valence-corrected chi connectivity index (χ4v) is 9.95. The Morgan fingerprint density at radius 3 is 2.06 bits per heavy atom. The molecule has 1 aliphatic carbocycles. The third-order valence-electron chi connectivity index (χ3n) is 13.5. The normalized spacial score (nSPS) is 22.9. The van der Waals surface area contributed by atoms with Gasteiger partial charge in [-0.2, -0.15) is 5.10 Å². The second-order valence-corrected chi connectivity index (χ2v) is 17.0. The number of hydrogen-bond donors (Lipinski definition) is 2. The van der Waals surface area contributed by atoms with Crippen LogP contribution in [-0.4, -0.2) is 141 Å². The van der Waals surface area contributed by atoms with Crippen LogP contribution >= 0.6 is 0 Å². The third-order valence-corrected chi connectivity index (χ3v) is 13.5. The Labute approximate surface area is 359 Å². The second kappa shape index (κ2) is 16.9. The second-order valence-electron chi connectivity index (χ2n) is 17.0. The van der Waals surface area contributed by atoms with Gasteiger partial charge in [-0.25, -0.2) is 14.6 Å². The van der Waals surface area contributed by atoms with E-state index in [9.17, 15) is 19.2 Å². The van der Waals surface area contributed by atoms with E-state index in [2.05, 4.69) is 39.6 Å². The van der Waals surface area contributed by atoms with Crippen LogP contribution < -0.4 is 20.7 Å². The Bertz CT molecular complexity index is 2490. The van der Waals surface area contributed by atoms with E-state index < -0.39 is 23.8 Å². The summed E-state index contributed by atoms with van der Waals surface area (Å²) < 4.78 is 8.12. The molecule has 4 fully saturated rings. The number of fused-ring (bicyclic) bond motifs is 2. The molecule has 5 aromatic rings. The maximum atomic E-state index is 13.4. The number of anilines is 2. The highest BCUT2D eigenvalue weighted by atomic mass is 16.5. The highest BCUT2D eigenvalue weighted by Crippen LogP contribution is 2.38. The van der Waals surface area contributed by atoms with Crippen molar-refractivity contribution in [2.45, 2.75) is 56.7 Å². The van der Waals surface area contributed by atoms with Gasteiger partial charge in [-0.3, -0.25) is 44.1 Å². The van der Waals surface area contributed by atoms with Crippen molar-refractivity contribution in [1.82, 2.24) is 44.7 Å². The van der Waals surface area contributed by atoms with Gasteiger partial charge in [-0.05, 0) is 86.7 Å². The Morgan fingerprint density at radius 1 is 0.694 bits per heavy atom. The molecular weight excluding hydrogens is 787 g/mol. The summed E-state index contributed by atoms with van der Waals surface area (Å²) in [6.07, 6.45) is 6.07. The minimum absolute atomic E-state index is 0.100. The van der Waals surface area contributed by atoms with Crippen LogP contribution in [0.5, 0.6) is 11.5 Å². The Balaban J connectivity index is 0.684. The van der Waals surface area contributed by atoms with E-state index in [4.69, 9.17) is 15.6 Å². The molecular formula is C46H51N11O5. The summed E-state index contributed by atoms with van der Waals surface area (Å²) in [6, 6.07) is 22.9. The maximum Gasteiger partial charge on any atom is 0.262 e. The molecule has 0 radical (unpaired) electrons. The van der Waals surface area contributed by atoms with Gasteiger partial charge in [0, 0.05) is 89.2 Å². The van der Waals surface area contributed by atoms with Crippen molar-refractivity contribution in [3.8, 4) is 22.8 Å². The van der Waals surface area contributed by atoms with Crippen LogP contribution in [0.15, 0.2) is 79.1 Å². The summed E-state index contributed by atoms with van der Waals surface area (Å²) in [5.41, 5.74) is 10.5. The number of para-hydroxylation sites is 1. The number of hydrogen-bond acceptors (Lipinski definition) is 13. The van der Waals surface area contributed by atoms with Crippen molar-refractivity contribution >= 4 is 46.2 Å². The van der Waals surface area contributed by atoms with Gasteiger partial charge < -0.3 is 15.4 Å². The lowest BCUT2D eigenvalue weighted by Gasteiger charge is -2.42. The van der Waals surface area contributed by atoms with E-state index >= 15 is 0 Å². The van der Waals surface area contributed by atoms with Crippen molar-refractivity contribution in [1.29, 1.82) is 0 Å². The Kier molecular flexibility index (Phi) is 10.9. The molecule has 0 bridgehead atoms. The van der Waals surface area contributed by atoms with E-state index in [1.165, 1.54) is 6.33 Å². The number of carbonyl (C=O) groups is 4. The molecule has 1 atom stereocenters. The molecule has 3 aromatic carbocycles. The van der Waals surface area contributed by atoms with Crippen LogP contribution in [0.3, 0.4) is 0 Å². The first-order valence-electron chi connectivity index (χ1n) is 21.9. The summed E-state index contributed by atoms with van der Waals surface area (Å²) in [7, 11) is 0. The highest BCUT2D eigenvalue weighted by Gasteiger charge is 2.45. The fraction of sp³-hybridized carbons (Fsp3) is 0.413. The zero-order chi connectivity index (χ0) is 42.3. The average molecular weight is 838 g/mol. The summed E-state index contributed by atoms with van der Waals surface area (Å²) in [4.78, 5) is 70.7. The van der Waals surface area contributed by atoms with Gasteiger partial charge in [-0.1, -0.05) is 18.2 Å². The molecule has 5 aliphatic rings. The number of piperazine rings is 2. The number of piperidine rings is 1. The first kappa shape index (κ1) is 39.9. The molecule has 62 heavy (non-hydrogen) atoms. The number of imide groups is 2. The minimum atomic E-state index is -0.963. The van der Waals surface area contributed by atoms with E-state index in [0.29, 0.717) is 23.0 Å². The number of carbonyl (C=O) groups excluding carboxylic acids is 4. The fourth-order valence-electron chi connectivity index (χ4n) is 9.95. The number of nitrogen functional groups attached to an aromatic ring is 1. The quantitative estimate of drug-likeness (QED) is 0.192. The van der Waals surface area contributed by atoms with Gasteiger partial charge in [0.15, 0.2) is 5.65 Å². The summed E-state index contributed by atoms with van der Waals surface area (Å²) in [6.45, 7) is 9.80. The van der Waals surface area contributed by atoms with Crippen molar-refractivity contribution in [2.75, 3.05) is 76.1 Å². The molecule has 3 saturated heterocycles. The van der Waals surface area contributed by atoms with Crippen LogP contribution in [0.4, 0.5) is 11.5 Å². The predicted molar refractivity (Wildman–Crippen MR) is 233 cm³/mol. The lowest BCUT2D eigenvalue weighted by Crippen LogP contribution is -2.54. The molecule has 1 saturated carbocycles. The lowest BCUT2D eigenvalue weighted by molar-refractivity contribution is -0.136. The van der Waals surface area contributed by atoms with Gasteiger partial charge in [0.25, 0.3) is 11.8 Å². The number of nitrogens with zero attached hydrogens (tertiary/aromatic N) is 9. The minimum Gasteiger partial charge on any atom is -0.457 e. The highest BCUT2D eigenvalue weighted by molar-refractivity contribution is 6.23. The third kappa shape index (κ3) is 7.78. The Morgan fingerprint density at radius 2 is 1.35 bits per heavy atom. The zero-order valence-corrected chi connectivity index (χ0v) is 34.7. The van der Waals surface area contributed by atoms with Gasteiger partial charge >= 0.3 is 0 Å². The van der Waals surface area contributed by atoms with Crippen LogP contribution in [-0.2, 0) is 9.59 Å². The molecule has 1 unspecified atom stereocenters. The number of amides is 4. The molecule has 16 heteroatoms. The van der Waals surface area contributed by atoms with E-state index in [-0.39, 0.29) is 24.8 Å². The lowest BCUT2D eigenvalue weighted by atomic mass is 9.90. The van der Waals surface area contributed by atoms with Crippen LogP contribution in [0, 0.1) is 0 Å². The van der Waals surface area contributed by atoms with Crippen molar-refractivity contribution < 1.29 is 23.9 Å². The van der Waals surface area contributed by atoms with Crippen molar-refractivity contribution in [2.24, 2.45) is 0 Å². The van der Waals surface area contributed by atoms with Gasteiger partial charge in [0.2, 0.25) is 11.8 Å². The summed E-state index contributed by atoms with van der Waals surface area (Å²) >= 11 is 0. The molecule has 2 aromatic heterocycles. The number of aromatic nitrogens is 4. The van der Waals surface area contributed by atoms with Gasteiger partial charge in [0.1, 0.15) is 35.4 Å². The van der Waals surface area contributed by atoms with E-state index in [1.54, 1.807) is 12.1 Å². The standard InChI is InChI=1S/C46H51N11O5/c47-42-40-41(30-6-13-35(14-7-30)62-34-4-2-1-3-5-34)51-57(43(40)49-29-48-42)32-10-8-31(9-11-32)54-24-20-52(21-25-54)18-19-53-22-26-55(27-23-53)33-12-15-36-37(28-33)46(61)56(45(36)60)38-16-17-39(58)50-44(38)59/h1-7,12-15,28-29,31-32,38H,8-11,16-27H2,(H2,47,48,49)(H,50,58,59). The van der Waals surface area contributed by atoms with Crippen molar-refractivity contribution in [3.05, 3.63) is 90.3 Å². The summed E-state index contributed by atoms with van der Waals surface area (Å²) in [5, 5.41) is 8.19. The Hall–Kier alpha value is -6.23. The smallest absolute Gasteiger partial charge is 0.262 e. The van der Waals surface area contributed by atoms with Gasteiger partial charge in [0.05, 0.1) is 22.6 Å². The van der Waals surface area contributed by atoms with E-state index in [0.717, 1.165) is 136 Å². The molecule has 4 amide bonds. The first-order chi connectivity index (χ1) is 30.3. The number of rotatable bonds is 10. The monoisotopic (exact) mass is 837 g/mol. The topological polar surface area (TPSA) is 175 Å². The number of ether oxygens (including phenoxy) is 1. The molecule has 10 rings (SSSR count). The van der Waals surface area contributed by atoms with Crippen LogP contribution in [0.25, 0.3) is 22.3 Å². The molecule has 6 heterocycles. The maximum absolute atomic E-state index is 13.4. The summed E-state index contributed by atoms with van der Waals surface area (Å²) in [5.74, 6) is 0.0428. The van der Waals surface area contributed by atoms with Gasteiger partial charge in [-0.15, -0.1) is 0 Å². The SMILES string of the molecule is Nc1ncnc2c1c(-c1ccc(Oc3ccccc3)cc1)nn2C1CCC(N2CCN(CCN3CCN(c4ccc5c(c4)C(=O)N(C4CCC(=O)NC4=O)C5=O)CC3)CC2)CC1. The average Bonchev–Trinajstić information content (AvgIpc) is 3.81. The molecule has 320 valence electrons. The number of nitrogens with one attached hydrogen (secondary N) is 1.